The summed E-state index contributed by atoms with van der Waals surface area (Å²) in [5.41, 5.74) is -0.302. The summed E-state index contributed by atoms with van der Waals surface area (Å²) < 4.78 is 11.2. The van der Waals surface area contributed by atoms with Crippen LogP contribution in [-0.4, -0.2) is 80.8 Å². The Morgan fingerprint density at radius 1 is 1.15 bits per heavy atom. The quantitative estimate of drug-likeness (QED) is 0.392. The van der Waals surface area contributed by atoms with Crippen LogP contribution in [0, 0.1) is 17.3 Å². The molecule has 9 atom stereocenters. The van der Waals surface area contributed by atoms with Crippen LogP contribution >= 0.6 is 0 Å². The second kappa shape index (κ2) is 8.65. The molecule has 9 unspecified atom stereocenters. The summed E-state index contributed by atoms with van der Waals surface area (Å²) in [5, 5.41) is 49.9. The normalized spacial score (nSPS) is 45.1. The van der Waals surface area contributed by atoms with E-state index in [4.69, 9.17) is 9.47 Å². The number of ether oxygens (including phenoxy) is 2. The average molecular weight is 388 g/mol. The molecule has 1 heterocycles. The summed E-state index contributed by atoms with van der Waals surface area (Å²) in [6.45, 7) is 6.81. The number of carbonyl (C=O) groups is 1. The highest BCUT2D eigenvalue weighted by Crippen LogP contribution is 2.46. The number of aliphatic hydroxyl groups excluding tert-OH is 5. The fourth-order valence-electron chi connectivity index (χ4n) is 4.19. The molecule has 1 saturated carbocycles. The predicted molar refractivity (Wildman–Crippen MR) is 95.5 cm³/mol. The first-order valence-electron chi connectivity index (χ1n) is 9.32. The van der Waals surface area contributed by atoms with Crippen molar-refractivity contribution in [3.05, 3.63) is 12.2 Å². The van der Waals surface area contributed by atoms with Gasteiger partial charge in [0.1, 0.15) is 24.4 Å². The molecule has 0 amide bonds. The third-order valence-electron chi connectivity index (χ3n) is 5.81. The molecule has 1 aliphatic carbocycles. The van der Waals surface area contributed by atoms with Crippen LogP contribution in [0.25, 0.3) is 0 Å². The summed E-state index contributed by atoms with van der Waals surface area (Å²) >= 11 is 0. The van der Waals surface area contributed by atoms with E-state index in [0.717, 1.165) is 0 Å². The Morgan fingerprint density at radius 2 is 1.78 bits per heavy atom. The highest BCUT2D eigenvalue weighted by Gasteiger charge is 2.50. The number of carbonyl (C=O) groups excluding carboxylic acids is 1. The third kappa shape index (κ3) is 4.76. The SMILES string of the molecule is CC(=O)C=CC1C(C)C(O)C(OC2OC(CO)C(O)C(O)C2O)CC1(C)C. The van der Waals surface area contributed by atoms with Crippen LogP contribution in [0.1, 0.15) is 34.1 Å². The van der Waals surface area contributed by atoms with Gasteiger partial charge < -0.3 is 35.0 Å². The highest BCUT2D eigenvalue weighted by atomic mass is 16.7. The van der Waals surface area contributed by atoms with E-state index in [1.54, 1.807) is 0 Å². The van der Waals surface area contributed by atoms with Gasteiger partial charge in [-0.25, -0.2) is 0 Å². The molecule has 1 aliphatic heterocycles. The summed E-state index contributed by atoms with van der Waals surface area (Å²) in [6, 6.07) is 0. The monoisotopic (exact) mass is 388 g/mol. The van der Waals surface area contributed by atoms with Crippen LogP contribution in [0.15, 0.2) is 12.2 Å². The fourth-order valence-corrected chi connectivity index (χ4v) is 4.19. The zero-order chi connectivity index (χ0) is 20.5. The van der Waals surface area contributed by atoms with E-state index >= 15 is 0 Å². The van der Waals surface area contributed by atoms with E-state index in [9.17, 15) is 30.3 Å². The van der Waals surface area contributed by atoms with Crippen LogP contribution in [0.4, 0.5) is 0 Å². The largest absolute Gasteiger partial charge is 0.394 e. The lowest BCUT2D eigenvalue weighted by Gasteiger charge is -2.49. The lowest BCUT2D eigenvalue weighted by molar-refractivity contribution is -0.324. The van der Waals surface area contributed by atoms with Crippen molar-refractivity contribution < 1.29 is 39.8 Å². The molecule has 0 aromatic carbocycles. The molecule has 2 fully saturated rings. The first-order chi connectivity index (χ1) is 12.5. The Balaban J connectivity index is 2.14. The van der Waals surface area contributed by atoms with Gasteiger partial charge in [0, 0.05) is 0 Å². The van der Waals surface area contributed by atoms with Gasteiger partial charge in [-0.1, -0.05) is 26.8 Å². The number of allylic oxidation sites excluding steroid dienone is 2. The van der Waals surface area contributed by atoms with Crippen LogP contribution in [0.5, 0.6) is 0 Å². The molecular formula is C19H32O8. The van der Waals surface area contributed by atoms with Crippen LogP contribution in [0.3, 0.4) is 0 Å². The molecule has 8 nitrogen and oxygen atoms in total. The second-order valence-electron chi connectivity index (χ2n) is 8.41. The van der Waals surface area contributed by atoms with Crippen molar-refractivity contribution in [3.63, 3.8) is 0 Å². The second-order valence-corrected chi connectivity index (χ2v) is 8.41. The average Bonchev–Trinajstić information content (AvgIpc) is 2.59. The van der Waals surface area contributed by atoms with Crippen molar-refractivity contribution in [1.29, 1.82) is 0 Å². The van der Waals surface area contributed by atoms with Crippen LogP contribution < -0.4 is 0 Å². The molecule has 5 N–H and O–H groups in total. The topological polar surface area (TPSA) is 137 Å². The Hall–Kier alpha value is -0.870. The van der Waals surface area contributed by atoms with Crippen LogP contribution in [-0.2, 0) is 14.3 Å². The zero-order valence-corrected chi connectivity index (χ0v) is 16.2. The molecule has 0 aromatic heterocycles. The van der Waals surface area contributed by atoms with E-state index in [-0.39, 0.29) is 23.0 Å². The van der Waals surface area contributed by atoms with Gasteiger partial charge in [0.25, 0.3) is 0 Å². The number of ketones is 1. The first-order valence-corrected chi connectivity index (χ1v) is 9.32. The maximum atomic E-state index is 11.3. The molecule has 2 rings (SSSR count). The van der Waals surface area contributed by atoms with Gasteiger partial charge in [-0.05, 0) is 36.7 Å². The summed E-state index contributed by atoms with van der Waals surface area (Å²) in [5.74, 6) is -0.336. The van der Waals surface area contributed by atoms with Crippen molar-refractivity contribution in [1.82, 2.24) is 0 Å². The smallest absolute Gasteiger partial charge is 0.187 e. The van der Waals surface area contributed by atoms with Gasteiger partial charge in [0.05, 0.1) is 18.8 Å². The van der Waals surface area contributed by atoms with Crippen molar-refractivity contribution >= 4 is 5.78 Å². The summed E-state index contributed by atoms with van der Waals surface area (Å²) in [7, 11) is 0. The van der Waals surface area contributed by atoms with E-state index in [1.807, 2.05) is 26.8 Å². The predicted octanol–water partition coefficient (Wildman–Crippen LogP) is -0.640. The molecule has 1 saturated heterocycles. The number of hydrogen-bond donors (Lipinski definition) is 5. The molecule has 0 aromatic rings. The highest BCUT2D eigenvalue weighted by molar-refractivity contribution is 5.87. The fraction of sp³-hybridized carbons (Fsp3) is 0.842. The maximum Gasteiger partial charge on any atom is 0.187 e. The van der Waals surface area contributed by atoms with Gasteiger partial charge in [-0.2, -0.15) is 0 Å². The Labute approximate surface area is 159 Å². The van der Waals surface area contributed by atoms with Crippen molar-refractivity contribution in [2.24, 2.45) is 17.3 Å². The molecule has 2 aliphatic rings. The van der Waals surface area contributed by atoms with Gasteiger partial charge in [-0.15, -0.1) is 0 Å². The number of aliphatic hydroxyl groups is 5. The van der Waals surface area contributed by atoms with Crippen molar-refractivity contribution in [3.8, 4) is 0 Å². The van der Waals surface area contributed by atoms with E-state index in [2.05, 4.69) is 0 Å². The van der Waals surface area contributed by atoms with E-state index in [1.165, 1.54) is 13.0 Å². The van der Waals surface area contributed by atoms with Crippen LogP contribution in [0.2, 0.25) is 0 Å². The summed E-state index contributed by atoms with van der Waals surface area (Å²) in [6.07, 6.45) is -4.65. The van der Waals surface area contributed by atoms with Gasteiger partial charge in [-0.3, -0.25) is 4.79 Å². The lowest BCUT2D eigenvalue weighted by Crippen LogP contribution is -2.61. The third-order valence-corrected chi connectivity index (χ3v) is 5.81. The maximum absolute atomic E-state index is 11.3. The lowest BCUT2D eigenvalue weighted by atomic mass is 9.62. The van der Waals surface area contributed by atoms with E-state index in [0.29, 0.717) is 6.42 Å². The molecule has 8 heteroatoms. The molecule has 0 spiro atoms. The minimum atomic E-state index is -1.53. The summed E-state index contributed by atoms with van der Waals surface area (Å²) in [4.78, 5) is 11.3. The molecule has 156 valence electrons. The molecular weight excluding hydrogens is 356 g/mol. The molecule has 27 heavy (non-hydrogen) atoms. The Kier molecular flexibility index (Phi) is 7.18. The Bertz CT molecular complexity index is 546. The van der Waals surface area contributed by atoms with Gasteiger partial charge >= 0.3 is 0 Å². The van der Waals surface area contributed by atoms with E-state index < -0.39 is 49.5 Å². The Morgan fingerprint density at radius 3 is 2.33 bits per heavy atom. The first kappa shape index (κ1) is 22.4. The molecule has 0 radical (unpaired) electrons. The number of rotatable bonds is 5. The minimum Gasteiger partial charge on any atom is -0.394 e. The zero-order valence-electron chi connectivity index (χ0n) is 16.2. The number of hydrogen-bond acceptors (Lipinski definition) is 8. The minimum absolute atomic E-state index is 0.0500. The van der Waals surface area contributed by atoms with Gasteiger partial charge in [0.15, 0.2) is 12.1 Å². The van der Waals surface area contributed by atoms with Gasteiger partial charge in [0.2, 0.25) is 0 Å². The van der Waals surface area contributed by atoms with Crippen molar-refractivity contribution in [2.75, 3.05) is 6.61 Å². The standard InChI is InChI=1S/C19H32O8/c1-9(21)5-6-11-10(2)14(22)12(7-19(11,3)4)26-18-17(25)16(24)15(23)13(8-20)27-18/h5-6,10-18,20,22-25H,7-8H2,1-4H3. The molecule has 0 bridgehead atoms. The van der Waals surface area contributed by atoms with Crippen molar-refractivity contribution in [2.45, 2.75) is 77.0 Å².